The molecule has 148 valence electrons. The molecular weight excluding hydrogens is 370 g/mol. The molecule has 5 nitrogen and oxygen atoms in total. The van der Waals surface area contributed by atoms with E-state index < -0.39 is 0 Å². The Morgan fingerprint density at radius 3 is 2.61 bits per heavy atom. The van der Waals surface area contributed by atoms with Crippen LogP contribution >= 0.6 is 12.6 Å². The average molecular weight is 398 g/mol. The van der Waals surface area contributed by atoms with Crippen LogP contribution in [-0.4, -0.2) is 35.4 Å². The van der Waals surface area contributed by atoms with E-state index in [4.69, 9.17) is 4.74 Å². The molecule has 0 aliphatic rings. The molecule has 3 aromatic rings. The number of benzene rings is 2. The van der Waals surface area contributed by atoms with Crippen LogP contribution in [0.25, 0.3) is 16.9 Å². The molecule has 0 aliphatic heterocycles. The fourth-order valence-electron chi connectivity index (χ4n) is 3.40. The van der Waals surface area contributed by atoms with Crippen molar-refractivity contribution in [3.63, 3.8) is 0 Å². The lowest BCUT2D eigenvalue weighted by Gasteiger charge is -2.22. The zero-order valence-corrected chi connectivity index (χ0v) is 17.9. The van der Waals surface area contributed by atoms with Crippen molar-refractivity contribution in [2.24, 2.45) is 0 Å². The number of aryl methyl sites for hydroxylation is 2. The lowest BCUT2D eigenvalue weighted by molar-refractivity contribution is 0.415. The fourth-order valence-corrected chi connectivity index (χ4v) is 3.68. The Morgan fingerprint density at radius 1 is 1.21 bits per heavy atom. The van der Waals surface area contributed by atoms with Gasteiger partial charge in [-0.2, -0.15) is 0 Å². The first-order chi connectivity index (χ1) is 13.4. The first-order valence-electron chi connectivity index (χ1n) is 9.40. The minimum absolute atomic E-state index is 0.239. The molecule has 0 radical (unpaired) electrons. The van der Waals surface area contributed by atoms with Crippen molar-refractivity contribution < 1.29 is 9.84 Å². The maximum atomic E-state index is 10.6. The third-order valence-corrected chi connectivity index (χ3v) is 5.48. The van der Waals surface area contributed by atoms with Crippen molar-refractivity contribution in [3.05, 3.63) is 47.7 Å². The van der Waals surface area contributed by atoms with Gasteiger partial charge in [-0.3, -0.25) is 4.57 Å². The molecule has 0 unspecified atom stereocenters. The zero-order chi connectivity index (χ0) is 20.4. The number of methoxy groups -OCH3 is 1. The lowest BCUT2D eigenvalue weighted by atomic mass is 10.0. The van der Waals surface area contributed by atoms with Gasteiger partial charge in [0.2, 0.25) is 0 Å². The van der Waals surface area contributed by atoms with Crippen LogP contribution in [0.1, 0.15) is 25.0 Å². The summed E-state index contributed by atoms with van der Waals surface area (Å²) in [5.41, 5.74) is 5.72. The second-order valence-electron chi connectivity index (χ2n) is 6.80. The van der Waals surface area contributed by atoms with E-state index in [0.717, 1.165) is 46.9 Å². The molecule has 1 heterocycles. The number of thiol groups is 1. The van der Waals surface area contributed by atoms with Gasteiger partial charge in [0.05, 0.1) is 30.4 Å². The standard InChI is InChI=1S/C22H27N3O2S/c1-6-15-11-17(20(26)10-14(15)3)19-13-23-22(28)25(19)16-8-9-21(27-5)18(12-16)24(4)7-2/h8-13,26H,6-7H2,1-5H3,(H,23,28). The number of aromatic hydroxyl groups is 1. The number of phenolic OH excluding ortho intramolecular Hbond substituents is 1. The molecule has 2 aromatic carbocycles. The summed E-state index contributed by atoms with van der Waals surface area (Å²) in [6, 6.07) is 9.82. The summed E-state index contributed by atoms with van der Waals surface area (Å²) in [5.74, 6) is 1.05. The summed E-state index contributed by atoms with van der Waals surface area (Å²) in [4.78, 5) is 6.52. The van der Waals surface area contributed by atoms with Gasteiger partial charge in [0.1, 0.15) is 11.5 Å². The number of ether oxygens (including phenoxy) is 1. The highest BCUT2D eigenvalue weighted by Crippen LogP contribution is 2.37. The minimum Gasteiger partial charge on any atom is -0.507 e. The van der Waals surface area contributed by atoms with Gasteiger partial charge in [0.15, 0.2) is 5.16 Å². The van der Waals surface area contributed by atoms with Crippen LogP contribution in [0.15, 0.2) is 41.7 Å². The Balaban J connectivity index is 2.20. The molecule has 0 amide bonds. The van der Waals surface area contributed by atoms with Crippen molar-refractivity contribution in [3.8, 4) is 28.4 Å². The first-order valence-corrected chi connectivity index (χ1v) is 9.85. The molecule has 6 heteroatoms. The van der Waals surface area contributed by atoms with Gasteiger partial charge >= 0.3 is 0 Å². The summed E-state index contributed by atoms with van der Waals surface area (Å²) in [5, 5.41) is 11.2. The first kappa shape index (κ1) is 20.1. The zero-order valence-electron chi connectivity index (χ0n) is 17.0. The number of hydrogen-bond acceptors (Lipinski definition) is 5. The third kappa shape index (κ3) is 3.56. The monoisotopic (exact) mass is 397 g/mol. The maximum Gasteiger partial charge on any atom is 0.169 e. The summed E-state index contributed by atoms with van der Waals surface area (Å²) in [6.07, 6.45) is 2.65. The maximum absolute atomic E-state index is 10.6. The number of aromatic nitrogens is 2. The average Bonchev–Trinajstić information content (AvgIpc) is 3.08. The molecule has 1 N–H and O–H groups in total. The number of anilines is 1. The molecule has 0 saturated heterocycles. The minimum atomic E-state index is 0.239. The van der Waals surface area contributed by atoms with Crippen LogP contribution in [-0.2, 0) is 6.42 Å². The van der Waals surface area contributed by atoms with Crippen molar-refractivity contribution >= 4 is 18.3 Å². The second-order valence-corrected chi connectivity index (χ2v) is 7.20. The third-order valence-electron chi connectivity index (χ3n) is 5.16. The highest BCUT2D eigenvalue weighted by atomic mass is 32.1. The van der Waals surface area contributed by atoms with E-state index in [2.05, 4.69) is 42.4 Å². The number of nitrogens with zero attached hydrogens (tertiary/aromatic N) is 3. The van der Waals surface area contributed by atoms with E-state index >= 15 is 0 Å². The van der Waals surface area contributed by atoms with Gasteiger partial charge in [-0.25, -0.2) is 4.98 Å². The lowest BCUT2D eigenvalue weighted by Crippen LogP contribution is -2.17. The molecule has 0 atom stereocenters. The van der Waals surface area contributed by atoms with Gasteiger partial charge < -0.3 is 14.7 Å². The molecular formula is C22H27N3O2S. The Labute approximate surface area is 172 Å². The van der Waals surface area contributed by atoms with Gasteiger partial charge in [0, 0.05) is 19.2 Å². The smallest absolute Gasteiger partial charge is 0.169 e. The van der Waals surface area contributed by atoms with E-state index in [1.807, 2.05) is 42.8 Å². The normalized spacial score (nSPS) is 10.9. The van der Waals surface area contributed by atoms with Crippen molar-refractivity contribution in [2.75, 3.05) is 25.6 Å². The van der Waals surface area contributed by atoms with Gasteiger partial charge in [-0.15, -0.1) is 12.6 Å². The predicted molar refractivity (Wildman–Crippen MR) is 118 cm³/mol. The van der Waals surface area contributed by atoms with Crippen molar-refractivity contribution in [1.82, 2.24) is 9.55 Å². The van der Waals surface area contributed by atoms with E-state index in [1.165, 1.54) is 5.56 Å². The summed E-state index contributed by atoms with van der Waals surface area (Å²) in [7, 11) is 3.70. The number of imidazole rings is 1. The fraction of sp³-hybridized carbons (Fsp3) is 0.318. The van der Waals surface area contributed by atoms with Crippen LogP contribution in [0, 0.1) is 6.92 Å². The van der Waals surface area contributed by atoms with Crippen LogP contribution in [0.3, 0.4) is 0 Å². The summed E-state index contributed by atoms with van der Waals surface area (Å²) in [6.45, 7) is 7.07. The van der Waals surface area contributed by atoms with Crippen molar-refractivity contribution in [2.45, 2.75) is 32.3 Å². The van der Waals surface area contributed by atoms with E-state index in [-0.39, 0.29) is 5.75 Å². The quantitative estimate of drug-likeness (QED) is 0.583. The molecule has 0 aliphatic carbocycles. The van der Waals surface area contributed by atoms with Gasteiger partial charge in [0.25, 0.3) is 0 Å². The summed E-state index contributed by atoms with van der Waals surface area (Å²) >= 11 is 4.57. The number of rotatable bonds is 6. The SMILES string of the molecule is CCc1cc(-c2cnc(S)n2-c2ccc(OC)c(N(C)CC)c2)c(O)cc1C. The Hall–Kier alpha value is -2.60. The Bertz CT molecular complexity index is 998. The molecule has 0 saturated carbocycles. The predicted octanol–water partition coefficient (Wildman–Crippen LogP) is 4.87. The van der Waals surface area contributed by atoms with E-state index in [0.29, 0.717) is 5.16 Å². The molecule has 1 aromatic heterocycles. The topological polar surface area (TPSA) is 50.5 Å². The molecule has 0 fully saturated rings. The van der Waals surface area contributed by atoms with E-state index in [9.17, 15) is 5.11 Å². The second kappa shape index (κ2) is 8.19. The highest BCUT2D eigenvalue weighted by Gasteiger charge is 2.18. The van der Waals surface area contributed by atoms with Crippen molar-refractivity contribution in [1.29, 1.82) is 0 Å². The Kier molecular flexibility index (Phi) is 5.89. The van der Waals surface area contributed by atoms with E-state index in [1.54, 1.807) is 13.3 Å². The Morgan fingerprint density at radius 2 is 1.96 bits per heavy atom. The molecule has 0 spiro atoms. The largest absolute Gasteiger partial charge is 0.507 e. The van der Waals surface area contributed by atoms with Crippen LogP contribution in [0.4, 0.5) is 5.69 Å². The number of phenols is 1. The van der Waals surface area contributed by atoms with Crippen LogP contribution < -0.4 is 9.64 Å². The van der Waals surface area contributed by atoms with Crippen LogP contribution in [0.2, 0.25) is 0 Å². The molecule has 3 rings (SSSR count). The van der Waals surface area contributed by atoms with Crippen LogP contribution in [0.5, 0.6) is 11.5 Å². The van der Waals surface area contributed by atoms with Gasteiger partial charge in [-0.05, 0) is 61.7 Å². The molecule has 0 bridgehead atoms. The van der Waals surface area contributed by atoms with Gasteiger partial charge in [-0.1, -0.05) is 6.92 Å². The molecule has 28 heavy (non-hydrogen) atoms. The number of hydrogen-bond donors (Lipinski definition) is 2. The summed E-state index contributed by atoms with van der Waals surface area (Å²) < 4.78 is 7.47. The highest BCUT2D eigenvalue weighted by molar-refractivity contribution is 7.80.